The third kappa shape index (κ3) is 5.23. The Kier molecular flexibility index (Phi) is 6.72. The summed E-state index contributed by atoms with van der Waals surface area (Å²) in [6, 6.07) is 0. The first-order valence-corrected chi connectivity index (χ1v) is 9.40. The number of halogens is 2. The Hall–Kier alpha value is -1.04. The summed E-state index contributed by atoms with van der Waals surface area (Å²) in [4.78, 5) is 12.2. The van der Waals surface area contributed by atoms with Crippen LogP contribution in [0.15, 0.2) is 46.3 Å². The van der Waals surface area contributed by atoms with Gasteiger partial charge in [-0.1, -0.05) is 23.8 Å². The van der Waals surface area contributed by atoms with Gasteiger partial charge in [-0.2, -0.15) is 0 Å². The van der Waals surface area contributed by atoms with Crippen LogP contribution in [-0.4, -0.2) is 34.3 Å². The van der Waals surface area contributed by atoms with Crippen molar-refractivity contribution in [2.75, 3.05) is 12.4 Å². The monoisotopic (exact) mass is 372 g/mol. The van der Waals surface area contributed by atoms with Gasteiger partial charge in [0.15, 0.2) is 0 Å². The smallest absolute Gasteiger partial charge is 0.334 e. The number of thioether (sulfide) groups is 1. The van der Waals surface area contributed by atoms with Crippen LogP contribution in [0.1, 0.15) is 33.1 Å². The molecule has 0 amide bonds. The second-order valence-corrected chi connectivity index (χ2v) is 7.68. The molecule has 2 rings (SSSR count). The lowest BCUT2D eigenvalue weighted by Gasteiger charge is -2.31. The van der Waals surface area contributed by atoms with E-state index in [1.807, 2.05) is 0 Å². The van der Waals surface area contributed by atoms with Crippen molar-refractivity contribution < 1.29 is 19.0 Å². The van der Waals surface area contributed by atoms with E-state index in [4.69, 9.17) is 16.3 Å². The predicted molar refractivity (Wildman–Crippen MR) is 96.6 cm³/mol. The highest BCUT2D eigenvalue weighted by Crippen LogP contribution is 2.36. The zero-order valence-electron chi connectivity index (χ0n) is 13.9. The molecule has 0 aliphatic heterocycles. The van der Waals surface area contributed by atoms with Gasteiger partial charge in [0.1, 0.15) is 5.83 Å². The average Bonchev–Trinajstić information content (AvgIpc) is 2.68. The number of hydrogen-bond acceptors (Lipinski definition) is 4. The Bertz CT molecular complexity index is 620. The molecule has 2 atom stereocenters. The third-order valence-electron chi connectivity index (χ3n) is 3.93. The predicted octanol–water partition coefficient (Wildman–Crippen LogP) is 4.43. The van der Waals surface area contributed by atoms with Gasteiger partial charge in [-0.05, 0) is 44.4 Å². The first-order chi connectivity index (χ1) is 11.3. The number of esters is 1. The van der Waals surface area contributed by atoms with Crippen LogP contribution >= 0.6 is 23.4 Å². The van der Waals surface area contributed by atoms with Crippen molar-refractivity contribution in [2.45, 2.75) is 44.0 Å². The molecule has 0 heterocycles. The molecule has 0 aromatic rings. The molecule has 2 unspecified atom stereocenters. The summed E-state index contributed by atoms with van der Waals surface area (Å²) in [5, 5.41) is 10.7. The molecular weight excluding hydrogens is 351 g/mol. The Balaban J connectivity index is 2.11. The van der Waals surface area contributed by atoms with Crippen LogP contribution < -0.4 is 0 Å². The van der Waals surface area contributed by atoms with E-state index in [-0.39, 0.29) is 17.5 Å². The minimum atomic E-state index is -0.996. The first kappa shape index (κ1) is 19.3. The van der Waals surface area contributed by atoms with E-state index in [2.05, 4.69) is 0 Å². The number of allylic oxidation sites excluding steroid dienone is 5. The van der Waals surface area contributed by atoms with Crippen molar-refractivity contribution in [1.82, 2.24) is 0 Å². The van der Waals surface area contributed by atoms with Gasteiger partial charge in [0.2, 0.25) is 0 Å². The summed E-state index contributed by atoms with van der Waals surface area (Å²) in [7, 11) is 0. The Labute approximate surface area is 151 Å². The van der Waals surface area contributed by atoms with Crippen LogP contribution in [0.25, 0.3) is 0 Å². The highest BCUT2D eigenvalue weighted by atomic mass is 35.5. The summed E-state index contributed by atoms with van der Waals surface area (Å²) >= 11 is 7.75. The minimum Gasteiger partial charge on any atom is -0.463 e. The molecule has 0 saturated carbocycles. The quantitative estimate of drug-likeness (QED) is 0.725. The standard InChI is InChI=1S/C18H22ClFO3S/c1-3-23-17(21)14-10-18(2,22)9-8-16(14)24-11-12-4-5-13(20)6-7-15(12)19/h4-5,7,10,16,22H,3,6,8-9,11H2,1-2H3. The van der Waals surface area contributed by atoms with E-state index in [1.54, 1.807) is 43.8 Å². The summed E-state index contributed by atoms with van der Waals surface area (Å²) in [6.45, 7) is 3.73. The maximum Gasteiger partial charge on any atom is 0.334 e. The van der Waals surface area contributed by atoms with Crippen molar-refractivity contribution in [2.24, 2.45) is 0 Å². The Morgan fingerprint density at radius 2 is 2.29 bits per heavy atom. The molecule has 0 aromatic carbocycles. The van der Waals surface area contributed by atoms with Crippen molar-refractivity contribution in [3.63, 3.8) is 0 Å². The lowest BCUT2D eigenvalue weighted by molar-refractivity contribution is -0.139. The number of carbonyl (C=O) groups excluding carboxylic acids is 1. The average molecular weight is 373 g/mol. The van der Waals surface area contributed by atoms with E-state index in [1.165, 1.54) is 6.08 Å². The lowest BCUT2D eigenvalue weighted by Crippen LogP contribution is -2.33. The molecule has 0 fully saturated rings. The SMILES string of the molecule is CCOC(=O)C1=CC(C)(O)CCC1SCC1=CC=C(F)CC=C1Cl. The van der Waals surface area contributed by atoms with Gasteiger partial charge in [0.05, 0.1) is 12.2 Å². The van der Waals surface area contributed by atoms with Crippen LogP contribution in [0.2, 0.25) is 0 Å². The molecule has 0 bridgehead atoms. The maximum atomic E-state index is 13.3. The Morgan fingerprint density at radius 3 is 3.00 bits per heavy atom. The third-order valence-corrected chi connectivity index (χ3v) is 5.69. The molecule has 1 N–H and O–H groups in total. The van der Waals surface area contributed by atoms with E-state index in [0.717, 1.165) is 5.57 Å². The molecule has 0 spiro atoms. The molecule has 0 radical (unpaired) electrons. The summed E-state index contributed by atoms with van der Waals surface area (Å²) in [5.74, 6) is -0.0609. The van der Waals surface area contributed by atoms with Crippen molar-refractivity contribution >= 4 is 29.3 Å². The fourth-order valence-corrected chi connectivity index (χ4v) is 4.17. The Morgan fingerprint density at radius 1 is 1.54 bits per heavy atom. The molecule has 0 aromatic heterocycles. The van der Waals surface area contributed by atoms with Gasteiger partial charge in [0.25, 0.3) is 0 Å². The normalized spacial score (nSPS) is 27.5. The largest absolute Gasteiger partial charge is 0.463 e. The summed E-state index contributed by atoms with van der Waals surface area (Å²) in [5.41, 5.74) is 0.327. The molecule has 6 heteroatoms. The van der Waals surface area contributed by atoms with Gasteiger partial charge >= 0.3 is 5.97 Å². The van der Waals surface area contributed by atoms with Gasteiger partial charge in [-0.3, -0.25) is 0 Å². The number of carbonyl (C=O) groups is 1. The van der Waals surface area contributed by atoms with Gasteiger partial charge < -0.3 is 9.84 Å². The second-order valence-electron chi connectivity index (χ2n) is 6.08. The maximum absolute atomic E-state index is 13.3. The van der Waals surface area contributed by atoms with Crippen molar-refractivity contribution in [1.29, 1.82) is 0 Å². The summed E-state index contributed by atoms with van der Waals surface area (Å²) < 4.78 is 18.4. The minimum absolute atomic E-state index is 0.0771. The number of rotatable bonds is 5. The molecule has 24 heavy (non-hydrogen) atoms. The number of aliphatic hydroxyl groups is 1. The molecule has 132 valence electrons. The highest BCUT2D eigenvalue weighted by Gasteiger charge is 2.33. The van der Waals surface area contributed by atoms with Crippen LogP contribution in [0.4, 0.5) is 4.39 Å². The molecule has 2 aliphatic carbocycles. The first-order valence-electron chi connectivity index (χ1n) is 7.97. The van der Waals surface area contributed by atoms with E-state index < -0.39 is 11.6 Å². The highest BCUT2D eigenvalue weighted by molar-refractivity contribution is 8.00. The van der Waals surface area contributed by atoms with E-state index in [9.17, 15) is 14.3 Å². The topological polar surface area (TPSA) is 46.5 Å². The van der Waals surface area contributed by atoms with Crippen molar-refractivity contribution in [3.8, 4) is 0 Å². The number of hydrogen-bond donors (Lipinski definition) is 1. The second kappa shape index (κ2) is 8.37. The fourth-order valence-electron chi connectivity index (χ4n) is 2.62. The van der Waals surface area contributed by atoms with Crippen molar-refractivity contribution in [3.05, 3.63) is 46.3 Å². The summed E-state index contributed by atoms with van der Waals surface area (Å²) in [6.07, 6.45) is 7.80. The molecule has 0 saturated heterocycles. The van der Waals surface area contributed by atoms with E-state index >= 15 is 0 Å². The van der Waals surface area contributed by atoms with E-state index in [0.29, 0.717) is 35.8 Å². The van der Waals surface area contributed by atoms with Crippen LogP contribution in [-0.2, 0) is 9.53 Å². The van der Waals surface area contributed by atoms with Crippen LogP contribution in [0, 0.1) is 0 Å². The zero-order chi connectivity index (χ0) is 17.7. The zero-order valence-corrected chi connectivity index (χ0v) is 15.4. The lowest BCUT2D eigenvalue weighted by atomic mass is 9.88. The van der Waals surface area contributed by atoms with Crippen LogP contribution in [0.5, 0.6) is 0 Å². The van der Waals surface area contributed by atoms with Gasteiger partial charge in [0, 0.05) is 28.0 Å². The van der Waals surface area contributed by atoms with Gasteiger partial charge in [-0.15, -0.1) is 11.8 Å². The van der Waals surface area contributed by atoms with Gasteiger partial charge in [-0.25, -0.2) is 9.18 Å². The number of ether oxygens (including phenoxy) is 1. The molecular formula is C18H22ClFO3S. The fraction of sp³-hybridized carbons (Fsp3) is 0.500. The molecule has 3 nitrogen and oxygen atoms in total. The van der Waals surface area contributed by atoms with Crippen LogP contribution in [0.3, 0.4) is 0 Å². The molecule has 2 aliphatic rings.